The van der Waals surface area contributed by atoms with Gasteiger partial charge in [-0.2, -0.15) is 0 Å². The Morgan fingerprint density at radius 1 is 1.09 bits per heavy atom. The van der Waals surface area contributed by atoms with Crippen molar-refractivity contribution >= 4 is 5.91 Å². The van der Waals surface area contributed by atoms with Crippen LogP contribution in [0.5, 0.6) is 0 Å². The predicted molar refractivity (Wildman–Crippen MR) is 89.6 cm³/mol. The van der Waals surface area contributed by atoms with Gasteiger partial charge in [-0.1, -0.05) is 60.2 Å². The summed E-state index contributed by atoms with van der Waals surface area (Å²) in [6.07, 6.45) is 0. The second-order valence-corrected chi connectivity index (χ2v) is 6.00. The van der Waals surface area contributed by atoms with Gasteiger partial charge in [-0.3, -0.25) is 4.79 Å². The van der Waals surface area contributed by atoms with Gasteiger partial charge in [-0.15, -0.1) is 0 Å². The van der Waals surface area contributed by atoms with E-state index >= 15 is 0 Å². The summed E-state index contributed by atoms with van der Waals surface area (Å²) < 4.78 is 0. The van der Waals surface area contributed by atoms with Crippen LogP contribution in [-0.2, 0) is 11.3 Å². The van der Waals surface area contributed by atoms with E-state index in [-0.39, 0.29) is 11.9 Å². The van der Waals surface area contributed by atoms with Crippen molar-refractivity contribution in [2.24, 2.45) is 0 Å². The molecule has 0 saturated heterocycles. The zero-order valence-corrected chi connectivity index (χ0v) is 13.6. The Hall–Kier alpha value is -2.13. The van der Waals surface area contributed by atoms with Crippen LogP contribution in [0.15, 0.2) is 54.6 Å². The first-order valence-corrected chi connectivity index (χ1v) is 7.76. The highest BCUT2D eigenvalue weighted by Gasteiger charge is 2.13. The largest absolute Gasteiger partial charge is 0.345 e. The van der Waals surface area contributed by atoms with E-state index in [2.05, 4.69) is 36.5 Å². The van der Waals surface area contributed by atoms with Crippen LogP contribution in [0.2, 0.25) is 0 Å². The molecule has 0 saturated carbocycles. The third-order valence-electron chi connectivity index (χ3n) is 3.77. The Bertz CT molecular complexity index is 593. The minimum atomic E-state index is 0.0425. The lowest BCUT2D eigenvalue weighted by Gasteiger charge is -2.17. The SMILES string of the molecule is Cc1ccc(C[NH+](C)CC(=O)N[C@H](C)c2ccccc2)cc1. The van der Waals surface area contributed by atoms with Gasteiger partial charge in [-0.05, 0) is 19.4 Å². The quantitative estimate of drug-likeness (QED) is 0.839. The number of carbonyl (C=O) groups excluding carboxylic acids is 1. The molecule has 0 aromatic heterocycles. The Balaban J connectivity index is 1.82. The molecule has 2 N–H and O–H groups in total. The van der Waals surface area contributed by atoms with Gasteiger partial charge in [0, 0.05) is 5.56 Å². The van der Waals surface area contributed by atoms with E-state index in [1.807, 2.05) is 44.3 Å². The van der Waals surface area contributed by atoms with E-state index in [0.717, 1.165) is 12.1 Å². The maximum absolute atomic E-state index is 12.1. The van der Waals surface area contributed by atoms with Crippen LogP contribution in [0.25, 0.3) is 0 Å². The highest BCUT2D eigenvalue weighted by molar-refractivity contribution is 5.77. The lowest BCUT2D eigenvalue weighted by atomic mass is 10.1. The van der Waals surface area contributed by atoms with Crippen molar-refractivity contribution in [3.05, 3.63) is 71.3 Å². The summed E-state index contributed by atoms with van der Waals surface area (Å²) in [4.78, 5) is 13.3. The Labute approximate surface area is 133 Å². The standard InChI is InChI=1S/C19H24N2O/c1-15-9-11-17(12-10-15)13-21(3)14-19(22)20-16(2)18-7-5-4-6-8-18/h4-12,16H,13-14H2,1-3H3,(H,20,22)/p+1/t16-/m1/s1. The van der Waals surface area contributed by atoms with Crippen molar-refractivity contribution in [2.45, 2.75) is 26.4 Å². The van der Waals surface area contributed by atoms with E-state index in [0.29, 0.717) is 6.54 Å². The molecule has 2 aromatic rings. The van der Waals surface area contributed by atoms with Crippen LogP contribution in [-0.4, -0.2) is 19.5 Å². The second-order valence-electron chi connectivity index (χ2n) is 6.00. The smallest absolute Gasteiger partial charge is 0.275 e. The summed E-state index contributed by atoms with van der Waals surface area (Å²) in [7, 11) is 2.05. The minimum Gasteiger partial charge on any atom is -0.345 e. The maximum Gasteiger partial charge on any atom is 0.275 e. The Morgan fingerprint density at radius 3 is 2.36 bits per heavy atom. The van der Waals surface area contributed by atoms with E-state index in [9.17, 15) is 4.79 Å². The molecule has 0 aliphatic rings. The first-order chi connectivity index (χ1) is 10.5. The summed E-state index contributed by atoms with van der Waals surface area (Å²) in [6.45, 7) is 5.43. The van der Waals surface area contributed by atoms with Gasteiger partial charge in [0.05, 0.1) is 13.1 Å². The van der Waals surface area contributed by atoms with Gasteiger partial charge in [-0.25, -0.2) is 0 Å². The van der Waals surface area contributed by atoms with Gasteiger partial charge in [0.1, 0.15) is 6.54 Å². The lowest BCUT2D eigenvalue weighted by molar-refractivity contribution is -0.885. The molecule has 0 aliphatic heterocycles. The average molecular weight is 297 g/mol. The molecule has 116 valence electrons. The summed E-state index contributed by atoms with van der Waals surface area (Å²) in [5.74, 6) is 0.0842. The van der Waals surface area contributed by atoms with Crippen molar-refractivity contribution < 1.29 is 9.69 Å². The molecule has 0 spiro atoms. The molecule has 0 radical (unpaired) electrons. The number of aryl methyl sites for hydroxylation is 1. The van der Waals surface area contributed by atoms with E-state index in [4.69, 9.17) is 0 Å². The number of carbonyl (C=O) groups is 1. The number of amides is 1. The van der Waals surface area contributed by atoms with Crippen molar-refractivity contribution in [3.63, 3.8) is 0 Å². The molecule has 3 nitrogen and oxygen atoms in total. The first kappa shape index (κ1) is 16.2. The number of quaternary nitrogens is 1. The summed E-state index contributed by atoms with van der Waals surface area (Å²) in [5.41, 5.74) is 3.65. The molecule has 2 rings (SSSR count). The van der Waals surface area contributed by atoms with E-state index < -0.39 is 0 Å². The van der Waals surface area contributed by atoms with Gasteiger partial charge >= 0.3 is 0 Å². The molecule has 2 aromatic carbocycles. The molecule has 2 atom stereocenters. The van der Waals surface area contributed by atoms with Gasteiger partial charge < -0.3 is 10.2 Å². The Kier molecular flexibility index (Phi) is 5.73. The number of likely N-dealkylation sites (N-methyl/N-ethyl adjacent to an activating group) is 1. The summed E-state index contributed by atoms with van der Waals surface area (Å²) in [6, 6.07) is 18.6. The zero-order chi connectivity index (χ0) is 15.9. The van der Waals surface area contributed by atoms with Gasteiger partial charge in [0.25, 0.3) is 5.91 Å². The van der Waals surface area contributed by atoms with Gasteiger partial charge in [0.2, 0.25) is 0 Å². The van der Waals surface area contributed by atoms with E-state index in [1.54, 1.807) is 0 Å². The molecule has 0 aliphatic carbocycles. The van der Waals surface area contributed by atoms with Crippen LogP contribution in [0.4, 0.5) is 0 Å². The summed E-state index contributed by atoms with van der Waals surface area (Å²) >= 11 is 0. The molecule has 0 bridgehead atoms. The van der Waals surface area contributed by atoms with E-state index in [1.165, 1.54) is 16.0 Å². The van der Waals surface area contributed by atoms with Crippen LogP contribution in [0.3, 0.4) is 0 Å². The molecule has 1 amide bonds. The van der Waals surface area contributed by atoms with Crippen LogP contribution < -0.4 is 10.2 Å². The second kappa shape index (κ2) is 7.76. The van der Waals surface area contributed by atoms with Crippen molar-refractivity contribution in [3.8, 4) is 0 Å². The highest BCUT2D eigenvalue weighted by Crippen LogP contribution is 2.10. The third-order valence-corrected chi connectivity index (χ3v) is 3.77. The molecule has 0 fully saturated rings. The van der Waals surface area contributed by atoms with Crippen molar-refractivity contribution in [1.29, 1.82) is 0 Å². The fourth-order valence-corrected chi connectivity index (χ4v) is 2.51. The lowest BCUT2D eigenvalue weighted by Crippen LogP contribution is -3.08. The van der Waals surface area contributed by atoms with Gasteiger partial charge in [0.15, 0.2) is 6.54 Å². The monoisotopic (exact) mass is 297 g/mol. The molecule has 3 heteroatoms. The number of hydrogen-bond donors (Lipinski definition) is 2. The molecular formula is C19H25N2O+. The molecule has 1 unspecified atom stereocenters. The van der Waals surface area contributed by atoms with Crippen molar-refractivity contribution in [2.75, 3.05) is 13.6 Å². The Morgan fingerprint density at radius 2 is 1.73 bits per heavy atom. The van der Waals surface area contributed by atoms with Crippen molar-refractivity contribution in [1.82, 2.24) is 5.32 Å². The number of nitrogens with one attached hydrogen (secondary N) is 2. The highest BCUT2D eigenvalue weighted by atomic mass is 16.2. The average Bonchev–Trinajstić information content (AvgIpc) is 2.50. The normalized spacial score (nSPS) is 13.4. The molecular weight excluding hydrogens is 272 g/mol. The predicted octanol–water partition coefficient (Wildman–Crippen LogP) is 1.89. The van der Waals surface area contributed by atoms with Crippen LogP contribution in [0, 0.1) is 6.92 Å². The fourth-order valence-electron chi connectivity index (χ4n) is 2.51. The van der Waals surface area contributed by atoms with Crippen LogP contribution >= 0.6 is 0 Å². The minimum absolute atomic E-state index is 0.0425. The zero-order valence-electron chi connectivity index (χ0n) is 13.6. The fraction of sp³-hybridized carbons (Fsp3) is 0.316. The third kappa shape index (κ3) is 5.01. The topological polar surface area (TPSA) is 33.5 Å². The maximum atomic E-state index is 12.1. The summed E-state index contributed by atoms with van der Waals surface area (Å²) in [5, 5.41) is 3.06. The first-order valence-electron chi connectivity index (χ1n) is 7.76. The molecule has 22 heavy (non-hydrogen) atoms. The number of hydrogen-bond acceptors (Lipinski definition) is 1. The number of benzene rings is 2. The van der Waals surface area contributed by atoms with Crippen LogP contribution in [0.1, 0.15) is 29.7 Å². The number of rotatable bonds is 6. The molecule has 0 heterocycles.